The van der Waals surface area contributed by atoms with E-state index in [1.165, 1.54) is 0 Å². The largest absolute Gasteiger partial charge is 0.497 e. The van der Waals surface area contributed by atoms with Gasteiger partial charge in [0.25, 0.3) is 0 Å². The molecule has 0 fully saturated rings. The minimum absolute atomic E-state index is 0.0917. The van der Waals surface area contributed by atoms with Gasteiger partial charge >= 0.3 is 0 Å². The predicted molar refractivity (Wildman–Crippen MR) is 95.8 cm³/mol. The highest BCUT2D eigenvalue weighted by Gasteiger charge is 2.21. The average Bonchev–Trinajstić information content (AvgIpc) is 3.08. The highest BCUT2D eigenvalue weighted by Crippen LogP contribution is 2.30. The lowest BCUT2D eigenvalue weighted by Crippen LogP contribution is -2.41. The summed E-state index contributed by atoms with van der Waals surface area (Å²) in [6, 6.07) is 13.1. The summed E-state index contributed by atoms with van der Waals surface area (Å²) >= 11 is 0. The molecule has 1 atom stereocenters. The number of amides is 1. The number of nitrogens with one attached hydrogen (secondary N) is 1. The Bertz CT molecular complexity index is 933. The van der Waals surface area contributed by atoms with Gasteiger partial charge in [0.15, 0.2) is 11.5 Å². The average molecular weight is 353 g/mol. The SMILES string of the molecule is COc1ccc2c(CC(=O)NC[C@@H]3COc4ccccc4O3)coc2c1. The van der Waals surface area contributed by atoms with Crippen molar-refractivity contribution in [2.45, 2.75) is 12.5 Å². The van der Waals surface area contributed by atoms with Crippen LogP contribution < -0.4 is 19.5 Å². The van der Waals surface area contributed by atoms with Crippen LogP contribution in [0.1, 0.15) is 5.56 Å². The summed E-state index contributed by atoms with van der Waals surface area (Å²) in [6.07, 6.45) is 1.64. The van der Waals surface area contributed by atoms with Gasteiger partial charge in [-0.3, -0.25) is 4.79 Å². The Morgan fingerprint density at radius 2 is 2.08 bits per heavy atom. The van der Waals surface area contributed by atoms with Crippen LogP contribution in [0.4, 0.5) is 0 Å². The molecule has 0 radical (unpaired) electrons. The highest BCUT2D eigenvalue weighted by molar-refractivity contribution is 5.88. The molecule has 1 amide bonds. The van der Waals surface area contributed by atoms with Crippen molar-refractivity contribution in [2.24, 2.45) is 0 Å². The molecule has 134 valence electrons. The van der Waals surface area contributed by atoms with Crippen molar-refractivity contribution >= 4 is 16.9 Å². The minimum Gasteiger partial charge on any atom is -0.497 e. The lowest BCUT2D eigenvalue weighted by molar-refractivity contribution is -0.120. The first kappa shape index (κ1) is 16.3. The maximum absolute atomic E-state index is 12.3. The van der Waals surface area contributed by atoms with Crippen molar-refractivity contribution in [2.75, 3.05) is 20.3 Å². The van der Waals surface area contributed by atoms with Crippen LogP contribution in [-0.4, -0.2) is 32.3 Å². The summed E-state index contributed by atoms with van der Waals surface area (Å²) in [4.78, 5) is 12.3. The van der Waals surface area contributed by atoms with Crippen molar-refractivity contribution in [1.82, 2.24) is 5.32 Å². The molecule has 1 N–H and O–H groups in total. The number of hydrogen-bond acceptors (Lipinski definition) is 5. The van der Waals surface area contributed by atoms with Gasteiger partial charge in [-0.15, -0.1) is 0 Å². The molecule has 0 unspecified atom stereocenters. The van der Waals surface area contributed by atoms with Crippen LogP contribution in [0.2, 0.25) is 0 Å². The van der Waals surface area contributed by atoms with Gasteiger partial charge in [-0.2, -0.15) is 0 Å². The van der Waals surface area contributed by atoms with Crippen LogP contribution >= 0.6 is 0 Å². The molecular weight excluding hydrogens is 334 g/mol. The van der Waals surface area contributed by atoms with Crippen molar-refractivity contribution < 1.29 is 23.4 Å². The van der Waals surface area contributed by atoms with Gasteiger partial charge in [-0.25, -0.2) is 0 Å². The topological polar surface area (TPSA) is 69.9 Å². The second-order valence-electron chi connectivity index (χ2n) is 6.10. The van der Waals surface area contributed by atoms with E-state index in [1.807, 2.05) is 36.4 Å². The van der Waals surface area contributed by atoms with E-state index in [4.69, 9.17) is 18.6 Å². The molecule has 0 spiro atoms. The second kappa shape index (κ2) is 7.00. The first-order valence-electron chi connectivity index (χ1n) is 8.42. The molecule has 1 aliphatic rings. The smallest absolute Gasteiger partial charge is 0.224 e. The van der Waals surface area contributed by atoms with Crippen molar-refractivity contribution in [1.29, 1.82) is 0 Å². The number of carbonyl (C=O) groups excluding carboxylic acids is 1. The monoisotopic (exact) mass is 353 g/mol. The predicted octanol–water partition coefficient (Wildman–Crippen LogP) is 2.94. The van der Waals surface area contributed by atoms with Crippen molar-refractivity contribution in [3.8, 4) is 17.2 Å². The third-order valence-electron chi connectivity index (χ3n) is 4.31. The number of rotatable bonds is 5. The molecule has 6 nitrogen and oxygen atoms in total. The summed E-state index contributed by atoms with van der Waals surface area (Å²) in [6.45, 7) is 0.794. The van der Waals surface area contributed by atoms with Crippen molar-refractivity contribution in [3.05, 3.63) is 54.3 Å². The molecule has 1 aromatic heterocycles. The van der Waals surface area contributed by atoms with E-state index in [9.17, 15) is 4.79 Å². The molecular formula is C20H19NO5. The van der Waals surface area contributed by atoms with Gasteiger partial charge in [0.1, 0.15) is 24.0 Å². The number of benzene rings is 2. The van der Waals surface area contributed by atoms with Crippen LogP contribution in [-0.2, 0) is 11.2 Å². The lowest BCUT2D eigenvalue weighted by Gasteiger charge is -2.26. The summed E-state index contributed by atoms with van der Waals surface area (Å²) in [7, 11) is 1.61. The van der Waals surface area contributed by atoms with E-state index in [2.05, 4.69) is 5.32 Å². The molecule has 0 saturated heterocycles. The minimum atomic E-state index is -0.209. The Hall–Kier alpha value is -3.15. The van der Waals surface area contributed by atoms with Gasteiger partial charge in [0, 0.05) is 17.0 Å². The number of ether oxygens (including phenoxy) is 3. The fourth-order valence-corrected chi connectivity index (χ4v) is 2.95. The molecule has 0 aliphatic carbocycles. The lowest BCUT2D eigenvalue weighted by atomic mass is 10.1. The zero-order valence-electron chi connectivity index (χ0n) is 14.4. The zero-order chi connectivity index (χ0) is 17.9. The van der Waals surface area contributed by atoms with Gasteiger partial charge in [-0.1, -0.05) is 12.1 Å². The third kappa shape index (κ3) is 3.31. The van der Waals surface area contributed by atoms with Crippen LogP contribution in [0.5, 0.6) is 17.2 Å². The summed E-state index contributed by atoms with van der Waals surface area (Å²) in [5.41, 5.74) is 1.54. The van der Waals surface area contributed by atoms with Gasteiger partial charge < -0.3 is 23.9 Å². The second-order valence-corrected chi connectivity index (χ2v) is 6.10. The van der Waals surface area contributed by atoms with E-state index in [0.717, 1.165) is 22.4 Å². The maximum Gasteiger partial charge on any atom is 0.224 e. The van der Waals surface area contributed by atoms with E-state index in [1.54, 1.807) is 19.4 Å². The van der Waals surface area contributed by atoms with Crippen molar-refractivity contribution in [3.63, 3.8) is 0 Å². The highest BCUT2D eigenvalue weighted by atomic mass is 16.6. The number of methoxy groups -OCH3 is 1. The van der Waals surface area contributed by atoms with Crippen LogP contribution in [0.3, 0.4) is 0 Å². The Balaban J connectivity index is 1.35. The van der Waals surface area contributed by atoms with E-state index in [-0.39, 0.29) is 18.4 Å². The van der Waals surface area contributed by atoms with Crippen LogP contribution in [0, 0.1) is 0 Å². The summed E-state index contributed by atoms with van der Waals surface area (Å²) in [5.74, 6) is 2.06. The van der Waals surface area contributed by atoms with Gasteiger partial charge in [0.05, 0.1) is 26.3 Å². The molecule has 0 saturated carbocycles. The molecule has 26 heavy (non-hydrogen) atoms. The molecule has 4 rings (SSSR count). The van der Waals surface area contributed by atoms with E-state index >= 15 is 0 Å². The molecule has 3 aromatic rings. The normalized spacial score (nSPS) is 15.7. The first-order chi connectivity index (χ1) is 12.7. The Labute approximate surface area is 150 Å². The Morgan fingerprint density at radius 1 is 1.23 bits per heavy atom. The van der Waals surface area contributed by atoms with Gasteiger partial charge in [-0.05, 0) is 24.3 Å². The molecule has 1 aliphatic heterocycles. The third-order valence-corrected chi connectivity index (χ3v) is 4.31. The number of para-hydroxylation sites is 2. The Morgan fingerprint density at radius 3 is 2.92 bits per heavy atom. The molecule has 2 aromatic carbocycles. The molecule has 0 bridgehead atoms. The number of hydrogen-bond donors (Lipinski definition) is 1. The van der Waals surface area contributed by atoms with E-state index in [0.29, 0.717) is 24.5 Å². The number of furan rings is 1. The summed E-state index contributed by atoms with van der Waals surface area (Å²) < 4.78 is 22.2. The summed E-state index contributed by atoms with van der Waals surface area (Å²) in [5, 5.41) is 3.81. The van der Waals surface area contributed by atoms with Gasteiger partial charge in [0.2, 0.25) is 5.91 Å². The fraction of sp³-hybridized carbons (Fsp3) is 0.250. The Kier molecular flexibility index (Phi) is 4.39. The maximum atomic E-state index is 12.3. The molecule has 2 heterocycles. The fourth-order valence-electron chi connectivity index (χ4n) is 2.95. The standard InChI is InChI=1S/C20H19NO5/c1-23-14-6-7-16-13(11-24-19(16)9-14)8-20(22)21-10-15-12-25-17-4-2-3-5-18(17)26-15/h2-7,9,11,15H,8,10,12H2,1H3,(H,21,22)/t15-/m1/s1. The van der Waals surface area contributed by atoms with Crippen LogP contribution in [0.15, 0.2) is 53.1 Å². The number of carbonyl (C=O) groups is 1. The first-order valence-corrected chi connectivity index (χ1v) is 8.42. The molecule has 6 heteroatoms. The van der Waals surface area contributed by atoms with Crippen LogP contribution in [0.25, 0.3) is 11.0 Å². The number of fused-ring (bicyclic) bond motifs is 2. The zero-order valence-corrected chi connectivity index (χ0v) is 14.4. The van der Waals surface area contributed by atoms with E-state index < -0.39 is 0 Å². The quantitative estimate of drug-likeness (QED) is 0.764.